The van der Waals surface area contributed by atoms with Gasteiger partial charge in [0.15, 0.2) is 5.96 Å². The number of anilines is 1. The van der Waals surface area contributed by atoms with E-state index in [9.17, 15) is 19.2 Å². The van der Waals surface area contributed by atoms with Crippen molar-refractivity contribution in [2.45, 2.75) is 19.8 Å². The molecule has 0 aromatic heterocycles. The molecular weight excluding hydrogens is 522 g/mol. The third kappa shape index (κ3) is 11.8. The first-order chi connectivity index (χ1) is 19.1. The lowest BCUT2D eigenvalue weighted by Crippen LogP contribution is -2.48. The number of guanidine groups is 1. The summed E-state index contributed by atoms with van der Waals surface area (Å²) in [5.41, 5.74) is 9.60. The fourth-order valence-corrected chi connectivity index (χ4v) is 3.58. The molecule has 1 heterocycles. The van der Waals surface area contributed by atoms with Gasteiger partial charge in [-0.05, 0) is 67.8 Å². The van der Waals surface area contributed by atoms with Gasteiger partial charge in [0, 0.05) is 24.9 Å². The van der Waals surface area contributed by atoms with Crippen LogP contribution in [0.25, 0.3) is 6.08 Å². The highest BCUT2D eigenvalue weighted by Crippen LogP contribution is 2.18. The van der Waals surface area contributed by atoms with Gasteiger partial charge in [-0.15, -0.1) is 0 Å². The van der Waals surface area contributed by atoms with Crippen LogP contribution in [-0.4, -0.2) is 71.3 Å². The highest BCUT2D eigenvalue weighted by atomic mass is 16.5. The minimum atomic E-state index is -1.04. The molecule has 0 spiro atoms. The van der Waals surface area contributed by atoms with Crippen molar-refractivity contribution in [2.75, 3.05) is 31.6 Å². The van der Waals surface area contributed by atoms with Crippen LogP contribution in [0.15, 0.2) is 54.6 Å². The maximum atomic E-state index is 12.1. The minimum Gasteiger partial charge on any atom is -0.480 e. The molecule has 1 unspecified atom stereocenters. The Hall–Kier alpha value is -4.75. The van der Waals surface area contributed by atoms with Crippen molar-refractivity contribution >= 4 is 41.6 Å². The second-order valence-corrected chi connectivity index (χ2v) is 8.51. The summed E-state index contributed by atoms with van der Waals surface area (Å²) < 4.78 is 10.2. The Morgan fingerprint density at radius 2 is 1.77 bits per heavy atom. The first-order valence-electron chi connectivity index (χ1n) is 12.4. The molecule has 214 valence electrons. The van der Waals surface area contributed by atoms with Gasteiger partial charge in [0.1, 0.15) is 12.3 Å². The summed E-state index contributed by atoms with van der Waals surface area (Å²) in [6, 6.07) is 12.8. The number of piperidine rings is 1. The van der Waals surface area contributed by atoms with Gasteiger partial charge in [-0.25, -0.2) is 20.0 Å². The van der Waals surface area contributed by atoms with E-state index in [-0.39, 0.29) is 24.4 Å². The Morgan fingerprint density at radius 3 is 2.35 bits per heavy atom. The lowest BCUT2D eigenvalue weighted by molar-refractivity contribution is -0.150. The number of nitrogens with one attached hydrogen (secondary N) is 3. The van der Waals surface area contributed by atoms with Crippen molar-refractivity contribution in [3.8, 4) is 5.75 Å². The van der Waals surface area contributed by atoms with E-state index in [0.29, 0.717) is 35.7 Å². The van der Waals surface area contributed by atoms with Crippen LogP contribution < -0.4 is 21.2 Å². The zero-order valence-corrected chi connectivity index (χ0v) is 22.0. The normalized spacial score (nSPS) is 14.9. The molecule has 13 heteroatoms. The smallest absolute Gasteiger partial charge is 0.343 e. The predicted octanol–water partition coefficient (Wildman–Crippen LogP) is 2.16. The number of esters is 2. The monoisotopic (exact) mass is 555 g/mol. The van der Waals surface area contributed by atoms with E-state index < -0.39 is 17.9 Å². The average Bonchev–Trinajstić information content (AvgIpc) is 2.92. The molecule has 0 aliphatic carbocycles. The van der Waals surface area contributed by atoms with Gasteiger partial charge in [-0.1, -0.05) is 12.1 Å². The quantitative estimate of drug-likeness (QED) is 0.0820. The topological polar surface area (TPSA) is 204 Å². The van der Waals surface area contributed by atoms with Gasteiger partial charge < -0.3 is 30.7 Å². The molecule has 40 heavy (non-hydrogen) atoms. The molecular formula is C27H33N5O8. The lowest BCUT2D eigenvalue weighted by Gasteiger charge is -2.31. The highest BCUT2D eigenvalue weighted by Gasteiger charge is 2.26. The third-order valence-corrected chi connectivity index (χ3v) is 5.40. The van der Waals surface area contributed by atoms with Crippen molar-refractivity contribution in [1.29, 1.82) is 5.41 Å². The number of hydrazine groups is 1. The second kappa shape index (κ2) is 16.3. The first-order valence-corrected chi connectivity index (χ1v) is 12.4. The van der Waals surface area contributed by atoms with Crippen molar-refractivity contribution in [2.24, 2.45) is 11.7 Å². The summed E-state index contributed by atoms with van der Waals surface area (Å²) in [5.74, 6) is -2.64. The van der Waals surface area contributed by atoms with Gasteiger partial charge in [-0.2, -0.15) is 0 Å². The summed E-state index contributed by atoms with van der Waals surface area (Å²) >= 11 is 0. The predicted molar refractivity (Wildman–Crippen MR) is 147 cm³/mol. The van der Waals surface area contributed by atoms with E-state index in [1.165, 1.54) is 6.08 Å². The van der Waals surface area contributed by atoms with Crippen molar-refractivity contribution in [1.82, 2.24) is 10.4 Å². The summed E-state index contributed by atoms with van der Waals surface area (Å²) in [6.45, 7) is 3.34. The van der Waals surface area contributed by atoms with Crippen LogP contribution in [0.4, 0.5) is 5.69 Å². The average molecular weight is 556 g/mol. The molecule has 1 atom stereocenters. The van der Waals surface area contributed by atoms with E-state index in [2.05, 4.69) is 10.7 Å². The molecule has 0 amide bonds. The summed E-state index contributed by atoms with van der Waals surface area (Å²) in [7, 11) is 0. The molecule has 0 bridgehead atoms. The Morgan fingerprint density at radius 1 is 1.10 bits per heavy atom. The zero-order chi connectivity index (χ0) is 29.5. The van der Waals surface area contributed by atoms with E-state index in [4.69, 9.17) is 30.8 Å². The molecule has 3 rings (SSSR count). The van der Waals surface area contributed by atoms with Crippen LogP contribution >= 0.6 is 0 Å². The molecule has 2 aromatic rings. The largest absolute Gasteiger partial charge is 0.480 e. The number of carboxylic acid groups (broad SMARTS) is 2. The van der Waals surface area contributed by atoms with E-state index in [1.54, 1.807) is 60.5 Å². The van der Waals surface area contributed by atoms with E-state index >= 15 is 0 Å². The number of nitrogens with two attached hydrogens (primary N) is 1. The van der Waals surface area contributed by atoms with Crippen LogP contribution in [0.5, 0.6) is 5.75 Å². The van der Waals surface area contributed by atoms with Crippen LogP contribution in [0.3, 0.4) is 0 Å². The number of carboxylic acids is 2. The van der Waals surface area contributed by atoms with Gasteiger partial charge in [-0.3, -0.25) is 15.0 Å². The fourth-order valence-electron chi connectivity index (χ4n) is 3.58. The number of hydrogen-bond donors (Lipinski definition) is 6. The number of ether oxygens (including phenoxy) is 2. The number of hydrogen-bond acceptors (Lipinski definition) is 9. The highest BCUT2D eigenvalue weighted by molar-refractivity contribution is 5.92. The van der Waals surface area contributed by atoms with E-state index in [1.807, 2.05) is 0 Å². The van der Waals surface area contributed by atoms with Crippen LogP contribution in [-0.2, 0) is 19.1 Å². The molecule has 2 aromatic carbocycles. The molecule has 7 N–H and O–H groups in total. The SMILES string of the molecule is CCOC(=O)C1CCCN(NCC(=O)O)C1.N=C(N)Nc1ccc(OC(=O)c2ccc(C=CC(=O)O)cc2)cc1. The number of nitrogens with zero attached hydrogens (tertiary/aromatic N) is 1. The van der Waals surface area contributed by atoms with Crippen molar-refractivity contribution in [3.05, 3.63) is 65.7 Å². The van der Waals surface area contributed by atoms with Gasteiger partial charge in [0.05, 0.1) is 18.1 Å². The maximum Gasteiger partial charge on any atom is 0.343 e. The van der Waals surface area contributed by atoms with E-state index in [0.717, 1.165) is 25.5 Å². The number of benzene rings is 2. The standard InChI is InChI=1S/C17H15N3O4.C10H18N2O4/c18-17(19)20-13-6-8-14(9-7-13)24-16(23)12-4-1-11(2-5-12)3-10-15(21)22;1-2-16-10(15)8-4-3-5-12(7-8)11-6-9(13)14/h1-10H,(H,21,22)(H4,18,19,20);8,11H,2-7H2,1H3,(H,13,14). The summed E-state index contributed by atoms with van der Waals surface area (Å²) in [5, 5.41) is 28.6. The van der Waals surface area contributed by atoms with Crippen molar-refractivity contribution < 1.29 is 38.9 Å². The van der Waals surface area contributed by atoms with Crippen LogP contribution in [0.2, 0.25) is 0 Å². The summed E-state index contributed by atoms with van der Waals surface area (Å²) in [4.78, 5) is 44.4. The Bertz CT molecular complexity index is 1200. The summed E-state index contributed by atoms with van der Waals surface area (Å²) in [6.07, 6.45) is 4.13. The molecule has 1 saturated heterocycles. The number of carbonyl (C=O) groups excluding carboxylic acids is 2. The zero-order valence-electron chi connectivity index (χ0n) is 22.0. The van der Waals surface area contributed by atoms with Crippen LogP contribution in [0, 0.1) is 11.3 Å². The Labute approximate surface area is 231 Å². The van der Waals surface area contributed by atoms with Gasteiger partial charge in [0.25, 0.3) is 0 Å². The second-order valence-electron chi connectivity index (χ2n) is 8.51. The van der Waals surface area contributed by atoms with Crippen LogP contribution in [0.1, 0.15) is 35.7 Å². The van der Waals surface area contributed by atoms with Gasteiger partial charge >= 0.3 is 23.9 Å². The number of rotatable bonds is 10. The molecule has 13 nitrogen and oxygen atoms in total. The maximum absolute atomic E-state index is 12.1. The molecule has 1 fully saturated rings. The van der Waals surface area contributed by atoms with Gasteiger partial charge in [0.2, 0.25) is 0 Å². The molecule has 0 radical (unpaired) electrons. The van der Waals surface area contributed by atoms with Crippen molar-refractivity contribution in [3.63, 3.8) is 0 Å². The minimum absolute atomic E-state index is 0.116. The first kappa shape index (κ1) is 31.5. The molecule has 1 aliphatic heterocycles. The Balaban J connectivity index is 0.000000305. The molecule has 0 saturated carbocycles. The molecule has 1 aliphatic rings. The third-order valence-electron chi connectivity index (χ3n) is 5.40. The lowest BCUT2D eigenvalue weighted by atomic mass is 9.99. The Kier molecular flexibility index (Phi) is 12.8. The number of aliphatic carboxylic acids is 2. The fraction of sp³-hybridized carbons (Fsp3) is 0.296. The number of carbonyl (C=O) groups is 4.